The lowest BCUT2D eigenvalue weighted by Gasteiger charge is -2.54. The van der Waals surface area contributed by atoms with Gasteiger partial charge in [0.2, 0.25) is 0 Å². The van der Waals surface area contributed by atoms with E-state index in [2.05, 4.69) is 11.8 Å². The van der Waals surface area contributed by atoms with Crippen LogP contribution in [0.5, 0.6) is 0 Å². The van der Waals surface area contributed by atoms with Gasteiger partial charge in [0, 0.05) is 24.7 Å². The highest BCUT2D eigenvalue weighted by molar-refractivity contribution is 4.98. The number of nitrogens with zero attached hydrogens (tertiary/aromatic N) is 1. The Morgan fingerprint density at radius 3 is 2.24 bits per heavy atom. The van der Waals surface area contributed by atoms with E-state index < -0.39 is 0 Å². The molecule has 3 fully saturated rings. The molecule has 98 valence electrons. The summed E-state index contributed by atoms with van der Waals surface area (Å²) in [5.74, 6) is 0. The van der Waals surface area contributed by atoms with Gasteiger partial charge in [0.1, 0.15) is 0 Å². The summed E-state index contributed by atoms with van der Waals surface area (Å²) < 4.78 is 0. The summed E-state index contributed by atoms with van der Waals surface area (Å²) >= 11 is 0. The second-order valence-corrected chi connectivity index (χ2v) is 6.85. The molecule has 2 heteroatoms. The van der Waals surface area contributed by atoms with Gasteiger partial charge >= 0.3 is 0 Å². The number of fused-ring (bicyclic) bond motifs is 2. The molecule has 0 aromatic rings. The zero-order chi connectivity index (χ0) is 11.9. The van der Waals surface area contributed by atoms with Crippen LogP contribution in [0, 0.1) is 5.41 Å². The second kappa shape index (κ2) is 4.55. The topological polar surface area (TPSA) is 29.3 Å². The van der Waals surface area contributed by atoms with Crippen LogP contribution in [-0.4, -0.2) is 29.6 Å². The summed E-state index contributed by atoms with van der Waals surface area (Å²) in [6, 6.07) is 2.13. The molecule has 0 radical (unpaired) electrons. The Morgan fingerprint density at radius 2 is 1.76 bits per heavy atom. The molecule has 3 aliphatic rings. The van der Waals surface area contributed by atoms with Crippen molar-refractivity contribution in [2.45, 2.75) is 82.8 Å². The van der Waals surface area contributed by atoms with E-state index in [9.17, 15) is 0 Å². The average Bonchev–Trinajstić information content (AvgIpc) is 2.24. The zero-order valence-corrected chi connectivity index (χ0v) is 11.3. The maximum Gasteiger partial charge on any atom is 0.0113 e. The minimum atomic E-state index is 0.487. The predicted molar refractivity (Wildman–Crippen MR) is 71.9 cm³/mol. The quantitative estimate of drug-likeness (QED) is 0.816. The first-order valence-corrected chi connectivity index (χ1v) is 7.74. The fourth-order valence-corrected chi connectivity index (χ4v) is 4.47. The molecule has 0 aromatic carbocycles. The molecule has 0 spiro atoms. The fourth-order valence-electron chi connectivity index (χ4n) is 4.47. The molecule has 2 N–H and O–H groups in total. The first kappa shape index (κ1) is 12.0. The molecule has 2 atom stereocenters. The number of nitrogens with two attached hydrogens (primary N) is 1. The van der Waals surface area contributed by atoms with E-state index in [0.717, 1.165) is 12.1 Å². The van der Waals surface area contributed by atoms with Gasteiger partial charge in [-0.05, 0) is 50.4 Å². The standard InChI is InChI=1S/C15H28N2/c1-2-15(7-4-8-15)11-17-13-5-3-6-14(17)10-12(16)9-13/h12-14H,2-11,16H2,1H3. The Bertz CT molecular complexity index is 253. The van der Waals surface area contributed by atoms with Crippen LogP contribution in [0.2, 0.25) is 0 Å². The van der Waals surface area contributed by atoms with E-state index in [1.807, 2.05) is 0 Å². The SMILES string of the molecule is CCC1(CN2C3CCCC2CC(N)C3)CCC1. The van der Waals surface area contributed by atoms with Crippen LogP contribution in [-0.2, 0) is 0 Å². The van der Waals surface area contributed by atoms with Crippen molar-refractivity contribution in [2.75, 3.05) is 6.54 Å². The van der Waals surface area contributed by atoms with Gasteiger partial charge < -0.3 is 5.73 Å². The first-order valence-electron chi connectivity index (χ1n) is 7.74. The molecule has 0 amide bonds. The van der Waals surface area contributed by atoms with Gasteiger partial charge in [-0.15, -0.1) is 0 Å². The molecule has 2 unspecified atom stereocenters. The lowest BCUT2D eigenvalue weighted by Crippen LogP contribution is -2.58. The van der Waals surface area contributed by atoms with E-state index in [0.29, 0.717) is 11.5 Å². The lowest BCUT2D eigenvalue weighted by molar-refractivity contribution is -0.0317. The van der Waals surface area contributed by atoms with Crippen molar-refractivity contribution in [1.29, 1.82) is 0 Å². The Hall–Kier alpha value is -0.0800. The van der Waals surface area contributed by atoms with Gasteiger partial charge in [-0.25, -0.2) is 0 Å². The second-order valence-electron chi connectivity index (χ2n) is 6.85. The minimum Gasteiger partial charge on any atom is -0.328 e. The molecular weight excluding hydrogens is 208 g/mol. The highest BCUT2D eigenvalue weighted by Gasteiger charge is 2.43. The normalized spacial score (nSPS) is 40.9. The number of rotatable bonds is 3. The first-order chi connectivity index (χ1) is 8.22. The maximum absolute atomic E-state index is 6.20. The Kier molecular flexibility index (Phi) is 3.20. The Morgan fingerprint density at radius 1 is 1.12 bits per heavy atom. The monoisotopic (exact) mass is 236 g/mol. The van der Waals surface area contributed by atoms with Crippen molar-refractivity contribution < 1.29 is 0 Å². The lowest BCUT2D eigenvalue weighted by atomic mass is 9.65. The minimum absolute atomic E-state index is 0.487. The third-order valence-electron chi connectivity index (χ3n) is 5.84. The van der Waals surface area contributed by atoms with E-state index in [1.165, 1.54) is 64.3 Å². The Balaban J connectivity index is 1.69. The molecule has 17 heavy (non-hydrogen) atoms. The van der Waals surface area contributed by atoms with Crippen LogP contribution < -0.4 is 5.73 Å². The molecule has 1 saturated carbocycles. The summed E-state index contributed by atoms with van der Waals surface area (Å²) in [5.41, 5.74) is 6.89. The van der Waals surface area contributed by atoms with E-state index in [1.54, 1.807) is 0 Å². The third kappa shape index (κ3) is 2.15. The van der Waals surface area contributed by atoms with Crippen LogP contribution in [0.3, 0.4) is 0 Å². The predicted octanol–water partition coefficient (Wildman–Crippen LogP) is 2.91. The molecule has 2 heterocycles. The van der Waals surface area contributed by atoms with Gasteiger partial charge in [-0.1, -0.05) is 19.8 Å². The molecule has 2 bridgehead atoms. The van der Waals surface area contributed by atoms with Crippen molar-refractivity contribution in [3.05, 3.63) is 0 Å². The fraction of sp³-hybridized carbons (Fsp3) is 1.00. The van der Waals surface area contributed by atoms with Gasteiger partial charge in [0.15, 0.2) is 0 Å². The van der Waals surface area contributed by atoms with E-state index >= 15 is 0 Å². The average molecular weight is 236 g/mol. The van der Waals surface area contributed by atoms with Crippen LogP contribution >= 0.6 is 0 Å². The van der Waals surface area contributed by atoms with Gasteiger partial charge in [0.05, 0.1) is 0 Å². The number of hydrogen-bond donors (Lipinski definition) is 1. The molecule has 1 aliphatic carbocycles. The zero-order valence-electron chi connectivity index (χ0n) is 11.3. The third-order valence-corrected chi connectivity index (χ3v) is 5.84. The van der Waals surface area contributed by atoms with E-state index in [-0.39, 0.29) is 0 Å². The van der Waals surface area contributed by atoms with Gasteiger partial charge in [-0.2, -0.15) is 0 Å². The summed E-state index contributed by atoms with van der Waals surface area (Å²) in [6.45, 7) is 3.77. The molecule has 2 nitrogen and oxygen atoms in total. The number of piperidine rings is 2. The highest BCUT2D eigenvalue weighted by atomic mass is 15.2. The van der Waals surface area contributed by atoms with Crippen LogP contribution in [0.15, 0.2) is 0 Å². The van der Waals surface area contributed by atoms with Crippen molar-refractivity contribution >= 4 is 0 Å². The number of hydrogen-bond acceptors (Lipinski definition) is 2. The highest BCUT2D eigenvalue weighted by Crippen LogP contribution is 2.47. The summed E-state index contributed by atoms with van der Waals surface area (Å²) in [5, 5.41) is 0. The summed E-state index contributed by atoms with van der Waals surface area (Å²) in [7, 11) is 0. The van der Waals surface area contributed by atoms with Crippen molar-refractivity contribution in [2.24, 2.45) is 11.1 Å². The van der Waals surface area contributed by atoms with Gasteiger partial charge in [-0.3, -0.25) is 4.90 Å². The molecule has 2 saturated heterocycles. The van der Waals surface area contributed by atoms with Gasteiger partial charge in [0.25, 0.3) is 0 Å². The Labute approximate surface area is 106 Å². The maximum atomic E-state index is 6.20. The molecule has 3 rings (SSSR count). The molecule has 2 aliphatic heterocycles. The summed E-state index contributed by atoms with van der Waals surface area (Å²) in [4.78, 5) is 2.87. The summed E-state index contributed by atoms with van der Waals surface area (Å²) in [6.07, 6.45) is 12.6. The molecular formula is C15H28N2. The largest absolute Gasteiger partial charge is 0.328 e. The van der Waals surface area contributed by atoms with E-state index in [4.69, 9.17) is 5.73 Å². The van der Waals surface area contributed by atoms with Crippen molar-refractivity contribution in [1.82, 2.24) is 4.90 Å². The van der Waals surface area contributed by atoms with Crippen molar-refractivity contribution in [3.8, 4) is 0 Å². The van der Waals surface area contributed by atoms with Crippen LogP contribution in [0.1, 0.15) is 64.7 Å². The van der Waals surface area contributed by atoms with Crippen LogP contribution in [0.4, 0.5) is 0 Å². The molecule has 0 aromatic heterocycles. The van der Waals surface area contributed by atoms with Crippen molar-refractivity contribution in [3.63, 3.8) is 0 Å². The smallest absolute Gasteiger partial charge is 0.0113 e. The van der Waals surface area contributed by atoms with Crippen LogP contribution in [0.25, 0.3) is 0 Å².